The highest BCUT2D eigenvalue weighted by Crippen LogP contribution is 2.42. The van der Waals surface area contributed by atoms with Crippen LogP contribution in [0.4, 0.5) is 0 Å². The Labute approximate surface area is 119 Å². The lowest BCUT2D eigenvalue weighted by molar-refractivity contribution is -0.154. The van der Waals surface area contributed by atoms with E-state index in [4.69, 9.17) is 0 Å². The van der Waals surface area contributed by atoms with Crippen LogP contribution in [0.3, 0.4) is 0 Å². The maximum Gasteiger partial charge on any atom is 0.225 e. The highest BCUT2D eigenvalue weighted by Gasteiger charge is 2.52. The summed E-state index contributed by atoms with van der Waals surface area (Å²) in [5, 5.41) is 9.28. The Morgan fingerprint density at radius 3 is 2.30 bits per heavy atom. The molecule has 0 bridgehead atoms. The molecule has 5 heteroatoms. The normalized spacial score (nSPS) is 31.4. The minimum Gasteiger partial charge on any atom is -0.393 e. The highest BCUT2D eigenvalue weighted by molar-refractivity contribution is 5.81. The minimum absolute atomic E-state index is 0.0390. The second kappa shape index (κ2) is 4.72. The number of aliphatic hydroxyl groups is 1. The lowest BCUT2D eigenvalue weighted by Gasteiger charge is -2.50. The van der Waals surface area contributed by atoms with Gasteiger partial charge in [-0.15, -0.1) is 0 Å². The first-order valence-electron chi connectivity index (χ1n) is 7.66. The van der Waals surface area contributed by atoms with Gasteiger partial charge in [0.2, 0.25) is 11.8 Å². The molecule has 112 valence electrons. The number of likely N-dealkylation sites (tertiary alicyclic amines) is 2. The summed E-state index contributed by atoms with van der Waals surface area (Å²) in [4.78, 5) is 28.0. The number of hydrogen-bond acceptors (Lipinski definition) is 3. The number of carbonyl (C=O) groups is 2. The number of amides is 2. The Hall–Kier alpha value is -1.10. The third-order valence-corrected chi connectivity index (χ3v) is 5.07. The summed E-state index contributed by atoms with van der Waals surface area (Å²) in [6, 6.07) is 0. The average molecular weight is 280 g/mol. The Bertz CT molecular complexity index is 423. The van der Waals surface area contributed by atoms with Gasteiger partial charge in [0.15, 0.2) is 0 Å². The van der Waals surface area contributed by atoms with Crippen molar-refractivity contribution >= 4 is 11.8 Å². The number of rotatable bonds is 2. The first kappa shape index (κ1) is 13.9. The van der Waals surface area contributed by atoms with Crippen LogP contribution in [0.5, 0.6) is 0 Å². The van der Waals surface area contributed by atoms with E-state index in [0.717, 1.165) is 32.6 Å². The van der Waals surface area contributed by atoms with Crippen molar-refractivity contribution in [3.63, 3.8) is 0 Å². The second-order valence-corrected chi connectivity index (χ2v) is 7.18. The molecule has 0 aromatic rings. The molecule has 1 aliphatic carbocycles. The van der Waals surface area contributed by atoms with Crippen molar-refractivity contribution in [1.29, 1.82) is 0 Å². The molecule has 1 saturated carbocycles. The Kier molecular flexibility index (Phi) is 3.27. The van der Waals surface area contributed by atoms with E-state index >= 15 is 0 Å². The zero-order valence-electron chi connectivity index (χ0n) is 12.3. The second-order valence-electron chi connectivity index (χ2n) is 7.18. The first-order valence-corrected chi connectivity index (χ1v) is 7.66. The Morgan fingerprint density at radius 1 is 1.15 bits per heavy atom. The van der Waals surface area contributed by atoms with E-state index in [-0.39, 0.29) is 35.2 Å². The third kappa shape index (κ3) is 2.22. The fourth-order valence-electron chi connectivity index (χ4n) is 3.71. The van der Waals surface area contributed by atoms with Gasteiger partial charge < -0.3 is 14.9 Å². The van der Waals surface area contributed by atoms with Gasteiger partial charge in [-0.05, 0) is 19.3 Å². The molecule has 1 spiro atoms. The van der Waals surface area contributed by atoms with Crippen LogP contribution in [0.25, 0.3) is 0 Å². The number of carbonyl (C=O) groups excluding carboxylic acids is 2. The van der Waals surface area contributed by atoms with Crippen LogP contribution >= 0.6 is 0 Å². The summed E-state index contributed by atoms with van der Waals surface area (Å²) in [6.45, 7) is 7.10. The van der Waals surface area contributed by atoms with E-state index in [1.54, 1.807) is 0 Å². The van der Waals surface area contributed by atoms with Crippen LogP contribution in [0, 0.1) is 17.3 Å². The predicted octanol–water partition coefficient (Wildman–Crippen LogP) is 0.474. The summed E-state index contributed by atoms with van der Waals surface area (Å²) in [5.74, 6) is 0.528. The van der Waals surface area contributed by atoms with Crippen molar-refractivity contribution in [2.75, 3.05) is 26.2 Å². The van der Waals surface area contributed by atoms with Gasteiger partial charge in [-0.25, -0.2) is 0 Å². The molecule has 0 aromatic heterocycles. The van der Waals surface area contributed by atoms with Gasteiger partial charge in [-0.2, -0.15) is 0 Å². The zero-order valence-corrected chi connectivity index (χ0v) is 12.3. The molecule has 3 aliphatic rings. The molecule has 3 rings (SSSR count). The van der Waals surface area contributed by atoms with Crippen LogP contribution in [0.1, 0.15) is 33.1 Å². The molecule has 0 radical (unpaired) electrons. The van der Waals surface area contributed by atoms with Gasteiger partial charge in [-0.3, -0.25) is 9.59 Å². The molecule has 2 amide bonds. The van der Waals surface area contributed by atoms with Gasteiger partial charge in [0.25, 0.3) is 0 Å². The van der Waals surface area contributed by atoms with Crippen LogP contribution in [-0.2, 0) is 9.59 Å². The average Bonchev–Trinajstić information content (AvgIpc) is 2.76. The summed E-state index contributed by atoms with van der Waals surface area (Å²) >= 11 is 0. The Balaban J connectivity index is 1.50. The van der Waals surface area contributed by atoms with Gasteiger partial charge >= 0.3 is 0 Å². The molecule has 2 aliphatic heterocycles. The first-order chi connectivity index (χ1) is 9.40. The van der Waals surface area contributed by atoms with Crippen LogP contribution in [0.15, 0.2) is 0 Å². The van der Waals surface area contributed by atoms with Crippen molar-refractivity contribution in [1.82, 2.24) is 9.80 Å². The van der Waals surface area contributed by atoms with Gasteiger partial charge in [-0.1, -0.05) is 13.8 Å². The molecule has 20 heavy (non-hydrogen) atoms. The molecular weight excluding hydrogens is 256 g/mol. The van der Waals surface area contributed by atoms with E-state index < -0.39 is 0 Å². The fourth-order valence-corrected chi connectivity index (χ4v) is 3.71. The molecule has 0 unspecified atom stereocenters. The van der Waals surface area contributed by atoms with E-state index in [0.29, 0.717) is 12.8 Å². The van der Waals surface area contributed by atoms with Gasteiger partial charge in [0.05, 0.1) is 6.10 Å². The molecular formula is C15H24N2O3. The van der Waals surface area contributed by atoms with Crippen molar-refractivity contribution in [3.8, 4) is 0 Å². The van der Waals surface area contributed by atoms with E-state index in [9.17, 15) is 14.7 Å². The molecule has 0 aromatic carbocycles. The van der Waals surface area contributed by atoms with Gasteiger partial charge in [0.1, 0.15) is 0 Å². The highest BCUT2D eigenvalue weighted by atomic mass is 16.3. The van der Waals surface area contributed by atoms with Crippen LogP contribution in [0.2, 0.25) is 0 Å². The van der Waals surface area contributed by atoms with Crippen molar-refractivity contribution in [2.24, 2.45) is 17.3 Å². The summed E-state index contributed by atoms with van der Waals surface area (Å²) in [5.41, 5.74) is 0.155. The molecule has 2 saturated heterocycles. The van der Waals surface area contributed by atoms with E-state index in [1.165, 1.54) is 0 Å². The summed E-state index contributed by atoms with van der Waals surface area (Å²) in [7, 11) is 0. The lowest BCUT2D eigenvalue weighted by Crippen LogP contribution is -2.62. The minimum atomic E-state index is -0.273. The molecule has 0 atom stereocenters. The number of hydrogen-bond donors (Lipinski definition) is 1. The predicted molar refractivity (Wildman–Crippen MR) is 73.8 cm³/mol. The van der Waals surface area contributed by atoms with E-state index in [2.05, 4.69) is 0 Å². The number of nitrogens with zero attached hydrogens (tertiary/aromatic N) is 2. The monoisotopic (exact) mass is 280 g/mol. The maximum absolute atomic E-state index is 12.2. The molecule has 3 fully saturated rings. The Morgan fingerprint density at radius 2 is 1.75 bits per heavy atom. The fraction of sp³-hybridized carbons (Fsp3) is 0.867. The molecule has 2 heterocycles. The summed E-state index contributed by atoms with van der Waals surface area (Å²) < 4.78 is 0. The van der Waals surface area contributed by atoms with Crippen molar-refractivity contribution in [2.45, 2.75) is 39.2 Å². The maximum atomic E-state index is 12.2. The van der Waals surface area contributed by atoms with Gasteiger partial charge in [0, 0.05) is 43.4 Å². The zero-order chi connectivity index (χ0) is 14.5. The van der Waals surface area contributed by atoms with Crippen molar-refractivity contribution in [3.05, 3.63) is 0 Å². The third-order valence-electron chi connectivity index (χ3n) is 5.07. The smallest absolute Gasteiger partial charge is 0.225 e. The van der Waals surface area contributed by atoms with E-state index in [1.807, 2.05) is 23.6 Å². The SMILES string of the molecule is CC(C)C(=O)N1CCC2(C1)CN(C(=O)C1CC(O)C1)C2. The summed E-state index contributed by atoms with van der Waals surface area (Å²) in [6.07, 6.45) is 1.99. The lowest BCUT2D eigenvalue weighted by atomic mass is 9.75. The molecule has 5 nitrogen and oxygen atoms in total. The van der Waals surface area contributed by atoms with Crippen LogP contribution < -0.4 is 0 Å². The largest absolute Gasteiger partial charge is 0.393 e. The topological polar surface area (TPSA) is 60.9 Å². The van der Waals surface area contributed by atoms with Crippen molar-refractivity contribution < 1.29 is 14.7 Å². The molecule has 1 N–H and O–H groups in total. The standard InChI is InChI=1S/C15H24N2O3/c1-10(2)13(19)16-4-3-15(7-16)8-17(9-15)14(20)11-5-12(18)6-11/h10-12,18H,3-9H2,1-2H3. The number of aliphatic hydroxyl groups excluding tert-OH is 1. The quantitative estimate of drug-likeness (QED) is 0.800. The van der Waals surface area contributed by atoms with Crippen LogP contribution in [-0.4, -0.2) is 59.0 Å².